The highest BCUT2D eigenvalue weighted by atomic mass is 16.5. The first-order valence-electron chi connectivity index (χ1n) is 5.84. The molecule has 108 valence electrons. The summed E-state index contributed by atoms with van der Waals surface area (Å²) >= 11 is 0. The minimum atomic E-state index is -1.07. The average molecular weight is 280 g/mol. The maximum absolute atomic E-state index is 11.6. The molecule has 0 aliphatic rings. The SMILES string of the molecule is COC(=O)C(C)NC(=O)Nc1ccc(C)c(C(=O)O)c1. The summed E-state index contributed by atoms with van der Waals surface area (Å²) < 4.78 is 4.47. The summed E-state index contributed by atoms with van der Waals surface area (Å²) in [7, 11) is 1.22. The van der Waals surface area contributed by atoms with E-state index in [1.165, 1.54) is 20.1 Å². The number of carbonyl (C=O) groups is 3. The number of esters is 1. The third-order valence-corrected chi connectivity index (χ3v) is 2.63. The van der Waals surface area contributed by atoms with E-state index in [1.54, 1.807) is 19.1 Å². The molecule has 2 amide bonds. The number of nitrogens with one attached hydrogen (secondary N) is 2. The Morgan fingerprint density at radius 3 is 2.50 bits per heavy atom. The zero-order chi connectivity index (χ0) is 15.3. The summed E-state index contributed by atoms with van der Waals surface area (Å²) in [5.41, 5.74) is 1.01. The van der Waals surface area contributed by atoms with Crippen molar-refractivity contribution in [1.29, 1.82) is 0 Å². The van der Waals surface area contributed by atoms with Gasteiger partial charge >= 0.3 is 18.0 Å². The summed E-state index contributed by atoms with van der Waals surface area (Å²) in [5.74, 6) is -1.65. The molecule has 0 fully saturated rings. The van der Waals surface area contributed by atoms with Gasteiger partial charge in [0.25, 0.3) is 0 Å². The van der Waals surface area contributed by atoms with Crippen LogP contribution in [0.25, 0.3) is 0 Å². The van der Waals surface area contributed by atoms with E-state index in [0.717, 1.165) is 0 Å². The van der Waals surface area contributed by atoms with Gasteiger partial charge in [-0.15, -0.1) is 0 Å². The number of anilines is 1. The number of carboxylic acids is 1. The first-order valence-corrected chi connectivity index (χ1v) is 5.84. The number of urea groups is 1. The molecule has 0 saturated heterocycles. The Morgan fingerprint density at radius 2 is 1.95 bits per heavy atom. The van der Waals surface area contributed by atoms with Crippen LogP contribution >= 0.6 is 0 Å². The third-order valence-electron chi connectivity index (χ3n) is 2.63. The number of hydrogen-bond donors (Lipinski definition) is 3. The topological polar surface area (TPSA) is 105 Å². The van der Waals surface area contributed by atoms with Gasteiger partial charge in [0.15, 0.2) is 0 Å². The van der Waals surface area contributed by atoms with Crippen molar-refractivity contribution in [3.05, 3.63) is 29.3 Å². The normalized spacial score (nSPS) is 11.3. The van der Waals surface area contributed by atoms with Crippen molar-refractivity contribution in [2.24, 2.45) is 0 Å². The van der Waals surface area contributed by atoms with Crippen LogP contribution in [0.2, 0.25) is 0 Å². The van der Waals surface area contributed by atoms with Gasteiger partial charge in [0, 0.05) is 5.69 Å². The summed E-state index contributed by atoms with van der Waals surface area (Å²) in [6, 6.07) is 3.08. The Kier molecular flexibility index (Phi) is 5.08. The van der Waals surface area contributed by atoms with Crippen molar-refractivity contribution in [2.75, 3.05) is 12.4 Å². The van der Waals surface area contributed by atoms with Crippen molar-refractivity contribution >= 4 is 23.7 Å². The Balaban J connectivity index is 2.74. The highest BCUT2D eigenvalue weighted by molar-refractivity contribution is 5.95. The van der Waals surface area contributed by atoms with Crippen LogP contribution in [0.1, 0.15) is 22.8 Å². The van der Waals surface area contributed by atoms with E-state index in [2.05, 4.69) is 15.4 Å². The molecule has 0 spiro atoms. The van der Waals surface area contributed by atoms with E-state index in [-0.39, 0.29) is 5.56 Å². The first-order chi connectivity index (χ1) is 9.35. The highest BCUT2D eigenvalue weighted by Gasteiger charge is 2.16. The summed E-state index contributed by atoms with van der Waals surface area (Å²) in [6.45, 7) is 3.13. The molecule has 3 N–H and O–H groups in total. The largest absolute Gasteiger partial charge is 0.478 e. The van der Waals surface area contributed by atoms with E-state index in [9.17, 15) is 14.4 Å². The quantitative estimate of drug-likeness (QED) is 0.723. The molecule has 1 rings (SSSR count). The smallest absolute Gasteiger partial charge is 0.336 e. The minimum absolute atomic E-state index is 0.101. The molecule has 20 heavy (non-hydrogen) atoms. The Bertz CT molecular complexity index is 542. The molecule has 1 atom stereocenters. The van der Waals surface area contributed by atoms with Gasteiger partial charge in [0.05, 0.1) is 12.7 Å². The van der Waals surface area contributed by atoms with Gasteiger partial charge in [-0.2, -0.15) is 0 Å². The number of methoxy groups -OCH3 is 1. The fraction of sp³-hybridized carbons (Fsp3) is 0.308. The van der Waals surface area contributed by atoms with Gasteiger partial charge in [0.2, 0.25) is 0 Å². The molecular formula is C13H16N2O5. The Hall–Kier alpha value is -2.57. The Labute approximate surface area is 115 Å². The number of carboxylic acid groups (broad SMARTS) is 1. The lowest BCUT2D eigenvalue weighted by atomic mass is 10.1. The van der Waals surface area contributed by atoms with Gasteiger partial charge < -0.3 is 20.5 Å². The van der Waals surface area contributed by atoms with Crippen molar-refractivity contribution < 1.29 is 24.2 Å². The lowest BCUT2D eigenvalue weighted by molar-refractivity contribution is -0.142. The second kappa shape index (κ2) is 6.55. The lowest BCUT2D eigenvalue weighted by Crippen LogP contribution is -2.41. The zero-order valence-corrected chi connectivity index (χ0v) is 11.4. The molecule has 0 bridgehead atoms. The maximum Gasteiger partial charge on any atom is 0.336 e. The van der Waals surface area contributed by atoms with E-state index in [1.807, 2.05) is 0 Å². The third kappa shape index (κ3) is 3.98. The van der Waals surface area contributed by atoms with Crippen molar-refractivity contribution in [1.82, 2.24) is 5.32 Å². The fourth-order valence-corrected chi connectivity index (χ4v) is 1.53. The molecule has 0 heterocycles. The van der Waals surface area contributed by atoms with E-state index < -0.39 is 24.0 Å². The Morgan fingerprint density at radius 1 is 1.30 bits per heavy atom. The maximum atomic E-state index is 11.6. The predicted molar refractivity (Wildman–Crippen MR) is 71.8 cm³/mol. The summed E-state index contributed by atoms with van der Waals surface area (Å²) in [4.78, 5) is 33.8. The molecule has 7 heteroatoms. The summed E-state index contributed by atoms with van der Waals surface area (Å²) in [6.07, 6.45) is 0. The second-order valence-electron chi connectivity index (χ2n) is 4.18. The van der Waals surface area contributed by atoms with Gasteiger partial charge in [-0.1, -0.05) is 6.07 Å². The predicted octanol–water partition coefficient (Wildman–Crippen LogP) is 1.38. The number of hydrogen-bond acceptors (Lipinski definition) is 4. The molecule has 0 aliphatic carbocycles. The van der Waals surface area contributed by atoms with Crippen molar-refractivity contribution in [2.45, 2.75) is 19.9 Å². The lowest BCUT2D eigenvalue weighted by Gasteiger charge is -2.13. The highest BCUT2D eigenvalue weighted by Crippen LogP contribution is 2.15. The van der Waals surface area contributed by atoms with Crippen molar-refractivity contribution in [3.63, 3.8) is 0 Å². The van der Waals surface area contributed by atoms with Crippen molar-refractivity contribution in [3.8, 4) is 0 Å². The number of aromatic carboxylic acids is 1. The second-order valence-corrected chi connectivity index (χ2v) is 4.18. The number of benzene rings is 1. The number of amides is 2. The molecule has 0 aromatic heterocycles. The van der Waals surface area contributed by atoms with Crippen LogP contribution in [0.15, 0.2) is 18.2 Å². The number of ether oxygens (including phenoxy) is 1. The van der Waals surface area contributed by atoms with Crippen LogP contribution in [0.4, 0.5) is 10.5 Å². The fourth-order valence-electron chi connectivity index (χ4n) is 1.53. The molecule has 1 aromatic rings. The molecule has 0 saturated carbocycles. The standard InChI is InChI=1S/C13H16N2O5/c1-7-4-5-9(6-10(7)11(16)17)15-13(19)14-8(2)12(18)20-3/h4-6,8H,1-3H3,(H,16,17)(H2,14,15,19). The zero-order valence-electron chi connectivity index (χ0n) is 11.4. The van der Waals surface area contributed by atoms with Crippen LogP contribution in [-0.4, -0.2) is 36.2 Å². The van der Waals surface area contributed by atoms with Crippen LogP contribution in [0.5, 0.6) is 0 Å². The molecule has 1 unspecified atom stereocenters. The van der Waals surface area contributed by atoms with Gasteiger partial charge in [-0.3, -0.25) is 0 Å². The minimum Gasteiger partial charge on any atom is -0.478 e. The van der Waals surface area contributed by atoms with Gasteiger partial charge in [-0.05, 0) is 31.5 Å². The van der Waals surface area contributed by atoms with Crippen LogP contribution in [0.3, 0.4) is 0 Å². The molecule has 0 aliphatic heterocycles. The summed E-state index contributed by atoms with van der Waals surface area (Å²) in [5, 5.41) is 13.8. The van der Waals surface area contributed by atoms with Crippen LogP contribution < -0.4 is 10.6 Å². The first kappa shape index (κ1) is 15.5. The monoisotopic (exact) mass is 280 g/mol. The molecule has 7 nitrogen and oxygen atoms in total. The molecule has 0 radical (unpaired) electrons. The van der Waals surface area contributed by atoms with Gasteiger partial charge in [-0.25, -0.2) is 14.4 Å². The van der Waals surface area contributed by atoms with Gasteiger partial charge in [0.1, 0.15) is 6.04 Å². The number of carbonyl (C=O) groups excluding carboxylic acids is 2. The van der Waals surface area contributed by atoms with E-state index in [4.69, 9.17) is 5.11 Å². The number of rotatable bonds is 4. The van der Waals surface area contributed by atoms with E-state index in [0.29, 0.717) is 11.3 Å². The number of aryl methyl sites for hydroxylation is 1. The molecular weight excluding hydrogens is 264 g/mol. The van der Waals surface area contributed by atoms with E-state index >= 15 is 0 Å². The average Bonchev–Trinajstić information content (AvgIpc) is 2.39. The van der Waals surface area contributed by atoms with Crippen LogP contribution in [0, 0.1) is 6.92 Å². The molecule has 1 aromatic carbocycles. The van der Waals surface area contributed by atoms with Crippen LogP contribution in [-0.2, 0) is 9.53 Å².